The van der Waals surface area contributed by atoms with E-state index in [1.54, 1.807) is 12.4 Å². The Morgan fingerprint density at radius 2 is 2.12 bits per heavy atom. The maximum Gasteiger partial charge on any atom is 0.232 e. The van der Waals surface area contributed by atoms with E-state index in [9.17, 15) is 0 Å². The average molecular weight is 241 g/mol. The lowest BCUT2D eigenvalue weighted by Gasteiger charge is -2.28. The van der Waals surface area contributed by atoms with Gasteiger partial charge in [0.25, 0.3) is 0 Å². The van der Waals surface area contributed by atoms with E-state index in [2.05, 4.69) is 16.9 Å². The summed E-state index contributed by atoms with van der Waals surface area (Å²) in [5.41, 5.74) is 0.783. The molecule has 1 heterocycles. The first-order valence-electron chi connectivity index (χ1n) is 5.83. The second-order valence-corrected chi connectivity index (χ2v) is 4.66. The van der Waals surface area contributed by atoms with E-state index in [0.29, 0.717) is 23.8 Å². The molecular formula is C12H17ClN2O. The van der Waals surface area contributed by atoms with Crippen LogP contribution in [-0.2, 0) is 5.88 Å². The van der Waals surface area contributed by atoms with Crippen LogP contribution in [0.25, 0.3) is 0 Å². The third-order valence-electron chi connectivity index (χ3n) is 3.12. The number of aromatic nitrogens is 2. The molecule has 0 aromatic carbocycles. The Hall–Kier alpha value is -0.830. The maximum absolute atomic E-state index is 5.85. The molecule has 0 N–H and O–H groups in total. The Kier molecular flexibility index (Phi) is 3.99. The lowest BCUT2D eigenvalue weighted by molar-refractivity contribution is 0.0970. The van der Waals surface area contributed by atoms with Crippen molar-refractivity contribution in [2.45, 2.75) is 44.6 Å². The zero-order chi connectivity index (χ0) is 11.4. The fourth-order valence-corrected chi connectivity index (χ4v) is 2.22. The zero-order valence-electron chi connectivity index (χ0n) is 9.53. The molecule has 0 amide bonds. The molecule has 1 aromatic heterocycles. The molecule has 0 aliphatic heterocycles. The van der Waals surface area contributed by atoms with Crippen LogP contribution in [0.1, 0.15) is 38.3 Å². The van der Waals surface area contributed by atoms with Crippen LogP contribution in [-0.4, -0.2) is 16.1 Å². The van der Waals surface area contributed by atoms with Crippen LogP contribution in [0.15, 0.2) is 12.4 Å². The van der Waals surface area contributed by atoms with Gasteiger partial charge in [-0.25, -0.2) is 4.98 Å². The number of ether oxygens (including phenoxy) is 1. The van der Waals surface area contributed by atoms with Crippen LogP contribution in [0.4, 0.5) is 0 Å². The van der Waals surface area contributed by atoms with Crippen molar-refractivity contribution in [3.8, 4) is 5.88 Å². The largest absolute Gasteiger partial charge is 0.473 e. The predicted octanol–water partition coefficient (Wildman–Crippen LogP) is 3.17. The first kappa shape index (κ1) is 11.6. The molecule has 3 nitrogen and oxygen atoms in total. The molecule has 0 radical (unpaired) electrons. The van der Waals surface area contributed by atoms with Crippen LogP contribution in [0, 0.1) is 5.92 Å². The summed E-state index contributed by atoms with van der Waals surface area (Å²) in [6, 6.07) is 0. The monoisotopic (exact) mass is 240 g/mol. The highest BCUT2D eigenvalue weighted by Gasteiger charge is 2.23. The number of hydrogen-bond donors (Lipinski definition) is 0. The Morgan fingerprint density at radius 1 is 1.31 bits per heavy atom. The second kappa shape index (κ2) is 5.48. The van der Waals surface area contributed by atoms with Crippen molar-refractivity contribution in [2.75, 3.05) is 0 Å². The molecule has 4 heteroatoms. The van der Waals surface area contributed by atoms with Crippen molar-refractivity contribution in [1.82, 2.24) is 9.97 Å². The highest BCUT2D eigenvalue weighted by molar-refractivity contribution is 6.16. The molecule has 0 spiro atoms. The summed E-state index contributed by atoms with van der Waals surface area (Å²) in [5.74, 6) is 1.63. The van der Waals surface area contributed by atoms with Gasteiger partial charge in [0, 0.05) is 0 Å². The number of rotatable bonds is 3. The van der Waals surface area contributed by atoms with E-state index < -0.39 is 0 Å². The number of hydrogen-bond acceptors (Lipinski definition) is 3. The number of alkyl halides is 1. The third kappa shape index (κ3) is 2.85. The van der Waals surface area contributed by atoms with Crippen molar-refractivity contribution in [3.63, 3.8) is 0 Å². The lowest BCUT2D eigenvalue weighted by atomic mass is 9.88. The number of nitrogens with zero attached hydrogens (tertiary/aromatic N) is 2. The van der Waals surface area contributed by atoms with Crippen LogP contribution < -0.4 is 4.74 Å². The molecule has 0 saturated heterocycles. The van der Waals surface area contributed by atoms with Gasteiger partial charge in [0.2, 0.25) is 5.88 Å². The van der Waals surface area contributed by atoms with E-state index in [-0.39, 0.29) is 0 Å². The van der Waals surface area contributed by atoms with Gasteiger partial charge in [0.1, 0.15) is 6.10 Å². The fourth-order valence-electron chi connectivity index (χ4n) is 2.09. The fraction of sp³-hybridized carbons (Fsp3) is 0.667. The third-order valence-corrected chi connectivity index (χ3v) is 3.40. The van der Waals surface area contributed by atoms with Crippen LogP contribution in [0.2, 0.25) is 0 Å². The standard InChI is InChI=1S/C12H17ClN2O/c1-9-4-2-3-5-11(9)16-12-8-14-10(6-13)7-15-12/h7-9,11H,2-6H2,1H3. The Morgan fingerprint density at radius 3 is 2.75 bits per heavy atom. The van der Waals surface area contributed by atoms with Gasteiger partial charge < -0.3 is 4.74 Å². The van der Waals surface area contributed by atoms with Gasteiger partial charge in [-0.3, -0.25) is 4.98 Å². The molecule has 1 saturated carbocycles. The van der Waals surface area contributed by atoms with Gasteiger partial charge in [0.05, 0.1) is 24.0 Å². The molecule has 2 atom stereocenters. The summed E-state index contributed by atoms with van der Waals surface area (Å²) in [7, 11) is 0. The van der Waals surface area contributed by atoms with Gasteiger partial charge in [-0.05, 0) is 25.2 Å². The molecule has 2 unspecified atom stereocenters. The Balaban J connectivity index is 1.96. The summed E-state index contributed by atoms with van der Waals surface area (Å²) < 4.78 is 5.85. The van der Waals surface area contributed by atoms with Crippen molar-refractivity contribution in [2.24, 2.45) is 5.92 Å². The molecular weight excluding hydrogens is 224 g/mol. The molecule has 16 heavy (non-hydrogen) atoms. The highest BCUT2D eigenvalue weighted by atomic mass is 35.5. The summed E-state index contributed by atoms with van der Waals surface area (Å²) in [6.45, 7) is 2.24. The second-order valence-electron chi connectivity index (χ2n) is 4.40. The average Bonchev–Trinajstić information content (AvgIpc) is 2.33. The molecule has 1 fully saturated rings. The molecule has 1 aliphatic rings. The Bertz CT molecular complexity index is 328. The topological polar surface area (TPSA) is 35.0 Å². The van der Waals surface area contributed by atoms with E-state index in [0.717, 1.165) is 12.1 Å². The van der Waals surface area contributed by atoms with Crippen molar-refractivity contribution in [1.29, 1.82) is 0 Å². The van der Waals surface area contributed by atoms with Crippen LogP contribution in [0.5, 0.6) is 5.88 Å². The zero-order valence-corrected chi connectivity index (χ0v) is 10.3. The molecule has 1 aromatic rings. The highest BCUT2D eigenvalue weighted by Crippen LogP contribution is 2.27. The Labute approximate surface area is 101 Å². The first-order chi connectivity index (χ1) is 7.79. The normalized spacial score (nSPS) is 25.4. The lowest BCUT2D eigenvalue weighted by Crippen LogP contribution is -2.28. The van der Waals surface area contributed by atoms with Crippen molar-refractivity contribution < 1.29 is 4.74 Å². The predicted molar refractivity (Wildman–Crippen MR) is 63.6 cm³/mol. The first-order valence-corrected chi connectivity index (χ1v) is 6.36. The van der Waals surface area contributed by atoms with Crippen LogP contribution >= 0.6 is 11.6 Å². The summed E-state index contributed by atoms with van der Waals surface area (Å²) in [5, 5.41) is 0. The van der Waals surface area contributed by atoms with Gasteiger partial charge in [-0.15, -0.1) is 11.6 Å². The van der Waals surface area contributed by atoms with Gasteiger partial charge >= 0.3 is 0 Å². The minimum atomic E-state index is 0.296. The smallest absolute Gasteiger partial charge is 0.232 e. The maximum atomic E-state index is 5.85. The van der Waals surface area contributed by atoms with E-state index in [4.69, 9.17) is 16.3 Å². The molecule has 1 aliphatic carbocycles. The molecule has 88 valence electrons. The minimum Gasteiger partial charge on any atom is -0.473 e. The van der Waals surface area contributed by atoms with Crippen molar-refractivity contribution in [3.05, 3.63) is 18.1 Å². The van der Waals surface area contributed by atoms with Gasteiger partial charge in [-0.1, -0.05) is 13.3 Å². The van der Waals surface area contributed by atoms with Crippen LogP contribution in [0.3, 0.4) is 0 Å². The van der Waals surface area contributed by atoms with Gasteiger partial charge in [0.15, 0.2) is 0 Å². The van der Waals surface area contributed by atoms with E-state index in [1.165, 1.54) is 19.3 Å². The summed E-state index contributed by atoms with van der Waals surface area (Å²) >= 11 is 5.65. The number of halogens is 1. The molecule has 0 bridgehead atoms. The summed E-state index contributed by atoms with van der Waals surface area (Å²) in [6.07, 6.45) is 8.58. The van der Waals surface area contributed by atoms with Crippen molar-refractivity contribution >= 4 is 11.6 Å². The quantitative estimate of drug-likeness (QED) is 0.762. The van der Waals surface area contributed by atoms with E-state index >= 15 is 0 Å². The summed E-state index contributed by atoms with van der Waals surface area (Å²) in [4.78, 5) is 8.38. The van der Waals surface area contributed by atoms with E-state index in [1.807, 2.05) is 0 Å². The SMILES string of the molecule is CC1CCCCC1Oc1cnc(CCl)cn1. The minimum absolute atomic E-state index is 0.296. The molecule has 2 rings (SSSR count). The van der Waals surface area contributed by atoms with Gasteiger partial charge in [-0.2, -0.15) is 0 Å².